The van der Waals surface area contributed by atoms with Gasteiger partial charge in [0.2, 0.25) is 0 Å². The van der Waals surface area contributed by atoms with Gasteiger partial charge in [-0.05, 0) is 31.8 Å². The van der Waals surface area contributed by atoms with Crippen molar-refractivity contribution >= 4 is 5.97 Å². The average molecular weight is 362 g/mol. The zero-order valence-electron chi connectivity index (χ0n) is 17.4. The van der Waals surface area contributed by atoms with E-state index in [1.807, 2.05) is 0 Å². The minimum atomic E-state index is -1.19. The highest BCUT2D eigenvalue weighted by molar-refractivity contribution is 5.82. The van der Waals surface area contributed by atoms with Gasteiger partial charge in [0.15, 0.2) is 0 Å². The van der Waals surface area contributed by atoms with Crippen molar-refractivity contribution in [2.45, 2.75) is 72.8 Å². The van der Waals surface area contributed by atoms with Gasteiger partial charge in [0, 0.05) is 5.56 Å². The minimum absolute atomic E-state index is 0.0648. The first kappa shape index (κ1) is 24.4. The predicted molar refractivity (Wildman–Crippen MR) is 110 cm³/mol. The maximum absolute atomic E-state index is 9.49. The summed E-state index contributed by atoms with van der Waals surface area (Å²) in [6, 6.07) is 11.1. The highest BCUT2D eigenvalue weighted by atomic mass is 16.4. The molecular formula is C23H39NO2. The van der Waals surface area contributed by atoms with E-state index in [-0.39, 0.29) is 5.57 Å². The molecule has 1 aromatic carbocycles. The topological polar surface area (TPSA) is 40.1 Å². The van der Waals surface area contributed by atoms with Crippen molar-refractivity contribution in [2.75, 3.05) is 19.6 Å². The molecule has 0 aliphatic rings. The van der Waals surface area contributed by atoms with Crippen LogP contribution in [0.1, 0.15) is 71.8 Å². The monoisotopic (exact) mass is 361 g/mol. The Morgan fingerprint density at radius 2 is 1.31 bits per heavy atom. The van der Waals surface area contributed by atoms with Gasteiger partial charge < -0.3 is 14.4 Å². The first-order valence-electron chi connectivity index (χ1n) is 10.2. The van der Waals surface area contributed by atoms with Crippen molar-refractivity contribution in [1.82, 2.24) is 0 Å². The number of quaternary nitrogens is 1. The number of rotatable bonds is 12. The third-order valence-corrected chi connectivity index (χ3v) is 4.67. The lowest BCUT2D eigenvalue weighted by Gasteiger charge is -2.39. The lowest BCUT2D eigenvalue weighted by atomic mass is 10.1. The average Bonchev–Trinajstić information content (AvgIpc) is 2.64. The maximum atomic E-state index is 9.49. The van der Waals surface area contributed by atoms with E-state index in [2.05, 4.69) is 57.7 Å². The van der Waals surface area contributed by atoms with Crippen LogP contribution in [-0.4, -0.2) is 30.1 Å². The summed E-state index contributed by atoms with van der Waals surface area (Å²) >= 11 is 0. The van der Waals surface area contributed by atoms with Gasteiger partial charge in [-0.2, -0.15) is 0 Å². The largest absolute Gasteiger partial charge is 0.545 e. The number of carbonyl (C=O) groups is 1. The normalized spacial score (nSPS) is 10.8. The Bertz CT molecular complexity index is 462. The molecule has 0 aliphatic heterocycles. The molecule has 0 saturated heterocycles. The van der Waals surface area contributed by atoms with Crippen LogP contribution in [0.5, 0.6) is 0 Å². The van der Waals surface area contributed by atoms with Gasteiger partial charge in [0.1, 0.15) is 6.54 Å². The number of nitrogens with zero attached hydrogens (tertiary/aromatic N) is 1. The molecule has 0 amide bonds. The van der Waals surface area contributed by atoms with E-state index in [1.165, 1.54) is 81.7 Å². The zero-order valence-corrected chi connectivity index (χ0v) is 17.4. The third kappa shape index (κ3) is 11.1. The fourth-order valence-electron chi connectivity index (χ4n) is 3.02. The second-order valence-electron chi connectivity index (χ2n) is 7.28. The molecule has 0 N–H and O–H groups in total. The van der Waals surface area contributed by atoms with E-state index < -0.39 is 5.97 Å². The van der Waals surface area contributed by atoms with E-state index in [0.29, 0.717) is 0 Å². The van der Waals surface area contributed by atoms with Crippen molar-refractivity contribution in [3.8, 4) is 0 Å². The van der Waals surface area contributed by atoms with Gasteiger partial charge in [-0.25, -0.2) is 0 Å². The molecular weight excluding hydrogens is 322 g/mol. The van der Waals surface area contributed by atoms with Gasteiger partial charge in [-0.15, -0.1) is 0 Å². The Balaban J connectivity index is 0.000000896. The number of aliphatic carboxylic acids is 1. The quantitative estimate of drug-likeness (QED) is 0.399. The summed E-state index contributed by atoms with van der Waals surface area (Å²) in [6.45, 7) is 16.7. The first-order chi connectivity index (χ1) is 12.4. The van der Waals surface area contributed by atoms with E-state index in [4.69, 9.17) is 0 Å². The number of carboxylic acids is 1. The Kier molecular flexibility index (Phi) is 13.6. The summed E-state index contributed by atoms with van der Waals surface area (Å²) in [5.74, 6) is -1.19. The highest BCUT2D eigenvalue weighted by Gasteiger charge is 2.25. The molecule has 0 radical (unpaired) electrons. The summed E-state index contributed by atoms with van der Waals surface area (Å²) in [7, 11) is 0. The third-order valence-electron chi connectivity index (χ3n) is 4.67. The van der Waals surface area contributed by atoms with Gasteiger partial charge in [-0.1, -0.05) is 76.9 Å². The van der Waals surface area contributed by atoms with Crippen LogP contribution in [0.4, 0.5) is 0 Å². The number of carbonyl (C=O) groups excluding carboxylic acids is 1. The summed E-state index contributed by atoms with van der Waals surface area (Å²) in [6.07, 6.45) is 8.02. The van der Waals surface area contributed by atoms with Crippen LogP contribution in [0.2, 0.25) is 0 Å². The SMILES string of the molecule is C=C(C)C(=O)[O-].CCCC[N+](CCCC)(CCCC)Cc1ccccc1. The van der Waals surface area contributed by atoms with Crippen molar-refractivity contribution in [2.24, 2.45) is 0 Å². The van der Waals surface area contributed by atoms with Crippen LogP contribution in [-0.2, 0) is 11.3 Å². The predicted octanol–water partition coefficient (Wildman–Crippen LogP) is 4.72. The Labute approximate surface area is 161 Å². The fourth-order valence-corrected chi connectivity index (χ4v) is 3.02. The van der Waals surface area contributed by atoms with Crippen molar-refractivity contribution in [3.63, 3.8) is 0 Å². The van der Waals surface area contributed by atoms with Crippen LogP contribution in [0.25, 0.3) is 0 Å². The van der Waals surface area contributed by atoms with E-state index in [9.17, 15) is 9.90 Å². The van der Waals surface area contributed by atoms with Gasteiger partial charge in [-0.3, -0.25) is 0 Å². The van der Waals surface area contributed by atoms with Crippen LogP contribution >= 0.6 is 0 Å². The van der Waals surface area contributed by atoms with Crippen LogP contribution in [0.3, 0.4) is 0 Å². The van der Waals surface area contributed by atoms with Gasteiger partial charge in [0.05, 0.1) is 25.6 Å². The Morgan fingerprint density at radius 3 is 1.62 bits per heavy atom. The number of carboxylic acid groups (broad SMARTS) is 1. The molecule has 0 spiro atoms. The fraction of sp³-hybridized carbons (Fsp3) is 0.609. The van der Waals surface area contributed by atoms with Crippen molar-refractivity contribution in [3.05, 3.63) is 48.0 Å². The van der Waals surface area contributed by atoms with E-state index in [0.717, 1.165) is 0 Å². The van der Waals surface area contributed by atoms with Crippen LogP contribution in [0, 0.1) is 0 Å². The highest BCUT2D eigenvalue weighted by Crippen LogP contribution is 2.19. The smallest absolute Gasteiger partial charge is 0.104 e. The lowest BCUT2D eigenvalue weighted by molar-refractivity contribution is -0.941. The Morgan fingerprint density at radius 1 is 0.923 bits per heavy atom. The zero-order chi connectivity index (χ0) is 19.8. The molecule has 0 aromatic heterocycles. The summed E-state index contributed by atoms with van der Waals surface area (Å²) in [5.41, 5.74) is 1.57. The minimum Gasteiger partial charge on any atom is -0.545 e. The van der Waals surface area contributed by atoms with Crippen molar-refractivity contribution in [1.29, 1.82) is 0 Å². The van der Waals surface area contributed by atoms with Gasteiger partial charge >= 0.3 is 0 Å². The molecule has 0 bridgehead atoms. The lowest BCUT2D eigenvalue weighted by Crippen LogP contribution is -2.49. The molecule has 0 unspecified atom stereocenters. The summed E-state index contributed by atoms with van der Waals surface area (Å²) < 4.78 is 1.31. The molecule has 1 rings (SSSR count). The molecule has 148 valence electrons. The molecule has 1 aromatic rings. The van der Waals surface area contributed by atoms with Gasteiger partial charge in [0.25, 0.3) is 0 Å². The van der Waals surface area contributed by atoms with E-state index in [1.54, 1.807) is 0 Å². The van der Waals surface area contributed by atoms with E-state index >= 15 is 0 Å². The summed E-state index contributed by atoms with van der Waals surface area (Å²) in [5, 5.41) is 9.49. The molecule has 26 heavy (non-hydrogen) atoms. The maximum Gasteiger partial charge on any atom is 0.104 e. The molecule has 0 atom stereocenters. The molecule has 0 saturated carbocycles. The van der Waals surface area contributed by atoms with Crippen molar-refractivity contribution < 1.29 is 14.4 Å². The number of benzene rings is 1. The standard InChI is InChI=1S/C19H34N.C4H6O2/c1-4-7-15-20(16-8-5-2,17-9-6-3)18-19-13-11-10-12-14-19;1-3(2)4(5)6/h10-14H,4-9,15-18H2,1-3H3;1H2,2H3,(H,5,6)/q+1;/p-1. The van der Waals surface area contributed by atoms with Crippen LogP contribution in [0.15, 0.2) is 42.5 Å². The molecule has 0 fully saturated rings. The number of hydrogen-bond acceptors (Lipinski definition) is 2. The molecule has 3 nitrogen and oxygen atoms in total. The second kappa shape index (κ2) is 14.5. The molecule has 0 aliphatic carbocycles. The molecule has 0 heterocycles. The number of hydrogen-bond donors (Lipinski definition) is 0. The van der Waals surface area contributed by atoms with Crippen LogP contribution < -0.4 is 5.11 Å². The first-order valence-corrected chi connectivity index (χ1v) is 10.2. The Hall–Kier alpha value is -1.61. The summed E-state index contributed by atoms with van der Waals surface area (Å²) in [4.78, 5) is 9.49. The molecule has 3 heteroatoms. The second-order valence-corrected chi connectivity index (χ2v) is 7.28. The number of unbranched alkanes of at least 4 members (excludes halogenated alkanes) is 3.